The van der Waals surface area contributed by atoms with Crippen LogP contribution in [0.2, 0.25) is 0 Å². The molecule has 1 fully saturated rings. The smallest absolute Gasteiger partial charge is 0.141 e. The Morgan fingerprint density at radius 1 is 1.37 bits per heavy atom. The molecule has 19 heavy (non-hydrogen) atoms. The van der Waals surface area contributed by atoms with Crippen LogP contribution < -0.4 is 15.2 Å². The van der Waals surface area contributed by atoms with Crippen molar-refractivity contribution in [2.45, 2.75) is 31.4 Å². The zero-order valence-corrected chi connectivity index (χ0v) is 13.1. The van der Waals surface area contributed by atoms with Crippen molar-refractivity contribution in [3.63, 3.8) is 0 Å². The second kappa shape index (κ2) is 5.69. The van der Waals surface area contributed by atoms with Crippen molar-refractivity contribution in [1.82, 2.24) is 0 Å². The number of hydrogen-bond acceptors (Lipinski definition) is 4. The molecule has 2 atom stereocenters. The Morgan fingerprint density at radius 2 is 2.11 bits per heavy atom. The summed E-state index contributed by atoms with van der Waals surface area (Å²) in [5, 5.41) is 0. The van der Waals surface area contributed by atoms with Crippen molar-refractivity contribution < 1.29 is 14.2 Å². The summed E-state index contributed by atoms with van der Waals surface area (Å²) in [5.74, 6) is 1.44. The molecule has 0 saturated carbocycles. The van der Waals surface area contributed by atoms with E-state index in [9.17, 15) is 0 Å². The highest BCUT2D eigenvalue weighted by molar-refractivity contribution is 9.10. The van der Waals surface area contributed by atoms with Crippen molar-refractivity contribution in [2.75, 3.05) is 20.8 Å². The SMILES string of the molecule is COc1ccc(C(N)C2(C)CCCO2)c(OC)c1Br. The van der Waals surface area contributed by atoms with E-state index in [1.165, 1.54) is 0 Å². The first-order chi connectivity index (χ1) is 9.03. The monoisotopic (exact) mass is 329 g/mol. The number of halogens is 1. The standard InChI is InChI=1S/C14H20BrNO3/c1-14(7-4-8-19-14)13(16)9-5-6-10(17-2)11(15)12(9)18-3/h5-6,13H,4,7-8,16H2,1-3H3. The number of hydrogen-bond donors (Lipinski definition) is 1. The maximum Gasteiger partial charge on any atom is 0.141 e. The predicted octanol–water partition coefficient (Wildman–Crippen LogP) is 3.04. The van der Waals surface area contributed by atoms with Crippen molar-refractivity contribution >= 4 is 15.9 Å². The van der Waals surface area contributed by atoms with Crippen LogP contribution in [0.4, 0.5) is 0 Å². The first kappa shape index (κ1) is 14.6. The Hall–Kier alpha value is -0.780. The zero-order chi connectivity index (χ0) is 14.0. The molecule has 1 heterocycles. The van der Waals surface area contributed by atoms with Gasteiger partial charge in [-0.3, -0.25) is 0 Å². The minimum Gasteiger partial charge on any atom is -0.495 e. The van der Waals surface area contributed by atoms with E-state index in [1.807, 2.05) is 12.1 Å². The molecule has 0 radical (unpaired) electrons. The first-order valence-electron chi connectivity index (χ1n) is 6.33. The summed E-state index contributed by atoms with van der Waals surface area (Å²) in [5.41, 5.74) is 7.00. The molecule has 1 aromatic rings. The summed E-state index contributed by atoms with van der Waals surface area (Å²) >= 11 is 3.50. The van der Waals surface area contributed by atoms with Gasteiger partial charge in [0.2, 0.25) is 0 Å². The van der Waals surface area contributed by atoms with Crippen molar-refractivity contribution in [3.05, 3.63) is 22.2 Å². The van der Waals surface area contributed by atoms with E-state index < -0.39 is 0 Å². The van der Waals surface area contributed by atoms with Crippen LogP contribution in [0, 0.1) is 0 Å². The summed E-state index contributed by atoms with van der Waals surface area (Å²) in [7, 11) is 3.26. The van der Waals surface area contributed by atoms with E-state index in [0.717, 1.165) is 35.2 Å². The molecule has 0 amide bonds. The molecule has 1 aromatic carbocycles. The van der Waals surface area contributed by atoms with Gasteiger partial charge in [-0.25, -0.2) is 0 Å². The molecule has 2 unspecified atom stereocenters. The highest BCUT2D eigenvalue weighted by Crippen LogP contribution is 2.44. The lowest BCUT2D eigenvalue weighted by Gasteiger charge is -2.32. The van der Waals surface area contributed by atoms with Crippen LogP contribution in [0.25, 0.3) is 0 Å². The lowest BCUT2D eigenvalue weighted by atomic mass is 9.88. The molecule has 106 valence electrons. The Labute approximate surface area is 122 Å². The topological polar surface area (TPSA) is 53.7 Å². The summed E-state index contributed by atoms with van der Waals surface area (Å²) in [6.45, 7) is 2.83. The van der Waals surface area contributed by atoms with E-state index in [2.05, 4.69) is 22.9 Å². The molecule has 2 rings (SSSR count). The maximum absolute atomic E-state index is 6.40. The average Bonchev–Trinajstić information content (AvgIpc) is 2.85. The molecule has 1 saturated heterocycles. The Kier molecular flexibility index (Phi) is 4.38. The van der Waals surface area contributed by atoms with Gasteiger partial charge in [0.15, 0.2) is 0 Å². The second-order valence-corrected chi connectivity index (χ2v) is 5.74. The molecule has 4 nitrogen and oxygen atoms in total. The highest BCUT2D eigenvalue weighted by atomic mass is 79.9. The molecule has 2 N–H and O–H groups in total. The molecule has 0 aromatic heterocycles. The molecule has 0 aliphatic carbocycles. The quantitative estimate of drug-likeness (QED) is 0.922. The predicted molar refractivity (Wildman–Crippen MR) is 77.8 cm³/mol. The summed E-state index contributed by atoms with van der Waals surface area (Å²) in [6.07, 6.45) is 2.00. The van der Waals surface area contributed by atoms with Crippen LogP contribution in [0.1, 0.15) is 31.4 Å². The van der Waals surface area contributed by atoms with Crippen molar-refractivity contribution in [1.29, 1.82) is 0 Å². The van der Waals surface area contributed by atoms with E-state index in [-0.39, 0.29) is 11.6 Å². The Balaban J connectivity index is 2.41. The lowest BCUT2D eigenvalue weighted by Crippen LogP contribution is -2.37. The van der Waals surface area contributed by atoms with Crippen LogP contribution >= 0.6 is 15.9 Å². The van der Waals surface area contributed by atoms with Gasteiger partial charge in [-0.05, 0) is 47.8 Å². The lowest BCUT2D eigenvalue weighted by molar-refractivity contribution is -0.00230. The number of rotatable bonds is 4. The van der Waals surface area contributed by atoms with Crippen LogP contribution in [0.5, 0.6) is 11.5 Å². The van der Waals surface area contributed by atoms with Gasteiger partial charge in [-0.1, -0.05) is 0 Å². The van der Waals surface area contributed by atoms with Gasteiger partial charge in [0.1, 0.15) is 16.0 Å². The normalized spacial score (nSPS) is 24.3. The number of benzene rings is 1. The van der Waals surface area contributed by atoms with Gasteiger partial charge in [-0.15, -0.1) is 0 Å². The molecule has 1 aliphatic heterocycles. The van der Waals surface area contributed by atoms with Crippen molar-refractivity contribution in [3.8, 4) is 11.5 Å². The Morgan fingerprint density at radius 3 is 2.63 bits per heavy atom. The number of nitrogens with two attached hydrogens (primary N) is 1. The largest absolute Gasteiger partial charge is 0.495 e. The summed E-state index contributed by atoms with van der Waals surface area (Å²) in [6, 6.07) is 3.60. The molecule has 0 spiro atoms. The van der Waals surface area contributed by atoms with Gasteiger partial charge in [0, 0.05) is 12.2 Å². The van der Waals surface area contributed by atoms with E-state index in [0.29, 0.717) is 5.75 Å². The number of ether oxygens (including phenoxy) is 3. The average molecular weight is 330 g/mol. The fraction of sp³-hybridized carbons (Fsp3) is 0.571. The summed E-state index contributed by atoms with van der Waals surface area (Å²) < 4.78 is 17.4. The molecule has 1 aliphatic rings. The van der Waals surface area contributed by atoms with Crippen LogP contribution in [0.3, 0.4) is 0 Å². The van der Waals surface area contributed by atoms with Crippen LogP contribution in [-0.4, -0.2) is 26.4 Å². The third kappa shape index (κ3) is 2.59. The van der Waals surface area contributed by atoms with Crippen LogP contribution in [-0.2, 0) is 4.74 Å². The zero-order valence-electron chi connectivity index (χ0n) is 11.5. The van der Waals surface area contributed by atoms with E-state index in [1.54, 1.807) is 14.2 Å². The first-order valence-corrected chi connectivity index (χ1v) is 7.12. The van der Waals surface area contributed by atoms with Gasteiger partial charge >= 0.3 is 0 Å². The third-order valence-electron chi connectivity index (χ3n) is 3.76. The van der Waals surface area contributed by atoms with Gasteiger partial charge in [0.25, 0.3) is 0 Å². The minimum atomic E-state index is -0.332. The van der Waals surface area contributed by atoms with Crippen molar-refractivity contribution in [2.24, 2.45) is 5.73 Å². The molecular weight excluding hydrogens is 310 g/mol. The Bertz CT molecular complexity index is 458. The molecule has 0 bridgehead atoms. The van der Waals surface area contributed by atoms with Crippen LogP contribution in [0.15, 0.2) is 16.6 Å². The number of methoxy groups -OCH3 is 2. The highest BCUT2D eigenvalue weighted by Gasteiger charge is 2.38. The van der Waals surface area contributed by atoms with Gasteiger partial charge < -0.3 is 19.9 Å². The molecule has 5 heteroatoms. The fourth-order valence-corrected chi connectivity index (χ4v) is 3.22. The van der Waals surface area contributed by atoms with E-state index >= 15 is 0 Å². The minimum absolute atomic E-state index is 0.229. The second-order valence-electron chi connectivity index (χ2n) is 4.95. The van der Waals surface area contributed by atoms with E-state index in [4.69, 9.17) is 19.9 Å². The van der Waals surface area contributed by atoms with Gasteiger partial charge in [-0.2, -0.15) is 0 Å². The molecular formula is C14H20BrNO3. The van der Waals surface area contributed by atoms with Gasteiger partial charge in [0.05, 0.1) is 25.9 Å². The summed E-state index contributed by atoms with van der Waals surface area (Å²) in [4.78, 5) is 0. The fourth-order valence-electron chi connectivity index (χ4n) is 2.54. The third-order valence-corrected chi connectivity index (χ3v) is 4.51. The maximum atomic E-state index is 6.40.